The summed E-state index contributed by atoms with van der Waals surface area (Å²) in [6.07, 6.45) is 0.517. The van der Waals surface area contributed by atoms with E-state index in [1.165, 1.54) is 24.3 Å². The van der Waals surface area contributed by atoms with Gasteiger partial charge in [-0.2, -0.15) is 0 Å². The SMILES string of the molecule is O=C(Cc1ccc([N+](=O)[O-])cc1)NC1CCS(=O)(=O)C1. The number of nitrogens with one attached hydrogen (secondary N) is 1. The van der Waals surface area contributed by atoms with Gasteiger partial charge in [0.1, 0.15) is 0 Å². The van der Waals surface area contributed by atoms with Crippen molar-refractivity contribution in [2.45, 2.75) is 18.9 Å². The summed E-state index contributed by atoms with van der Waals surface area (Å²) < 4.78 is 22.5. The normalized spacial score (nSPS) is 20.5. The van der Waals surface area contributed by atoms with Crippen LogP contribution in [0.15, 0.2) is 24.3 Å². The predicted octanol–water partition coefficient (Wildman–Crippen LogP) is 0.441. The van der Waals surface area contributed by atoms with Crippen molar-refractivity contribution in [1.82, 2.24) is 5.32 Å². The molecule has 0 saturated carbocycles. The smallest absolute Gasteiger partial charge is 0.269 e. The predicted molar refractivity (Wildman–Crippen MR) is 72.0 cm³/mol. The van der Waals surface area contributed by atoms with Crippen molar-refractivity contribution in [2.24, 2.45) is 0 Å². The number of sulfone groups is 1. The molecule has 8 heteroatoms. The molecular formula is C12H14N2O5S. The maximum Gasteiger partial charge on any atom is 0.269 e. The number of nitro groups is 1. The van der Waals surface area contributed by atoms with Crippen molar-refractivity contribution in [1.29, 1.82) is 0 Å². The van der Waals surface area contributed by atoms with E-state index < -0.39 is 14.8 Å². The highest BCUT2D eigenvalue weighted by molar-refractivity contribution is 7.91. The Bertz CT molecular complexity index is 624. The molecule has 1 aliphatic heterocycles. The van der Waals surface area contributed by atoms with Gasteiger partial charge in [-0.1, -0.05) is 12.1 Å². The first-order valence-electron chi connectivity index (χ1n) is 6.09. The third kappa shape index (κ3) is 3.77. The first-order valence-corrected chi connectivity index (χ1v) is 7.91. The van der Waals surface area contributed by atoms with Crippen LogP contribution in [0.2, 0.25) is 0 Å². The van der Waals surface area contributed by atoms with Gasteiger partial charge in [0.2, 0.25) is 5.91 Å². The van der Waals surface area contributed by atoms with Crippen LogP contribution in [-0.4, -0.2) is 36.8 Å². The number of hydrogen-bond acceptors (Lipinski definition) is 5. The largest absolute Gasteiger partial charge is 0.352 e. The Morgan fingerprint density at radius 3 is 2.50 bits per heavy atom. The molecule has 2 rings (SSSR count). The summed E-state index contributed by atoms with van der Waals surface area (Å²) in [7, 11) is -3.02. The lowest BCUT2D eigenvalue weighted by molar-refractivity contribution is -0.384. The summed E-state index contributed by atoms with van der Waals surface area (Å²) in [6.45, 7) is 0. The second kappa shape index (κ2) is 5.58. The van der Waals surface area contributed by atoms with Gasteiger partial charge in [0.05, 0.1) is 22.8 Å². The molecule has 1 fully saturated rings. The molecule has 0 radical (unpaired) electrons. The van der Waals surface area contributed by atoms with Crippen molar-refractivity contribution >= 4 is 21.4 Å². The Balaban J connectivity index is 1.90. The minimum absolute atomic E-state index is 0.0149. The first-order chi connectivity index (χ1) is 9.35. The third-order valence-corrected chi connectivity index (χ3v) is 4.88. The van der Waals surface area contributed by atoms with E-state index in [1.807, 2.05) is 0 Å². The summed E-state index contributed by atoms with van der Waals surface area (Å²) >= 11 is 0. The van der Waals surface area contributed by atoms with Crippen molar-refractivity contribution in [3.8, 4) is 0 Å². The van der Waals surface area contributed by atoms with Crippen molar-refractivity contribution < 1.29 is 18.1 Å². The van der Waals surface area contributed by atoms with E-state index >= 15 is 0 Å². The molecule has 1 saturated heterocycles. The number of nitrogens with zero attached hydrogens (tertiary/aromatic N) is 1. The number of nitro benzene ring substituents is 1. The molecule has 0 bridgehead atoms. The fourth-order valence-electron chi connectivity index (χ4n) is 2.11. The lowest BCUT2D eigenvalue weighted by Gasteiger charge is -2.10. The lowest BCUT2D eigenvalue weighted by atomic mass is 10.1. The Hall–Kier alpha value is -1.96. The van der Waals surface area contributed by atoms with Gasteiger partial charge in [-0.15, -0.1) is 0 Å². The second-order valence-electron chi connectivity index (χ2n) is 4.77. The minimum atomic E-state index is -3.02. The van der Waals surface area contributed by atoms with Gasteiger partial charge < -0.3 is 5.32 Å². The third-order valence-electron chi connectivity index (χ3n) is 3.11. The zero-order chi connectivity index (χ0) is 14.8. The first kappa shape index (κ1) is 14.4. The zero-order valence-electron chi connectivity index (χ0n) is 10.6. The molecule has 0 aliphatic carbocycles. The number of carbonyl (C=O) groups excluding carboxylic acids is 1. The molecule has 1 aromatic carbocycles. The molecule has 0 spiro atoms. The average Bonchev–Trinajstić information content (AvgIpc) is 2.69. The maximum absolute atomic E-state index is 11.8. The number of rotatable bonds is 4. The molecule has 1 N–H and O–H groups in total. The standard InChI is InChI=1S/C12H14N2O5S/c15-12(13-10-5-6-20(18,19)8-10)7-9-1-3-11(4-2-9)14(16)17/h1-4,10H,5-8H2,(H,13,15). The number of hydrogen-bond donors (Lipinski definition) is 1. The lowest BCUT2D eigenvalue weighted by Crippen LogP contribution is -2.36. The van der Waals surface area contributed by atoms with Gasteiger partial charge in [0, 0.05) is 18.2 Å². The highest BCUT2D eigenvalue weighted by Crippen LogP contribution is 2.14. The quantitative estimate of drug-likeness (QED) is 0.641. The highest BCUT2D eigenvalue weighted by Gasteiger charge is 2.28. The van der Waals surface area contributed by atoms with Gasteiger partial charge in [0.25, 0.3) is 5.69 Å². The zero-order valence-corrected chi connectivity index (χ0v) is 11.4. The minimum Gasteiger partial charge on any atom is -0.352 e. The Kier molecular flexibility index (Phi) is 4.03. The van der Waals surface area contributed by atoms with E-state index in [4.69, 9.17) is 0 Å². The van der Waals surface area contributed by atoms with Crippen LogP contribution in [0.3, 0.4) is 0 Å². The van der Waals surface area contributed by atoms with Crippen molar-refractivity contribution in [2.75, 3.05) is 11.5 Å². The van der Waals surface area contributed by atoms with Gasteiger partial charge in [0.15, 0.2) is 9.84 Å². The summed E-state index contributed by atoms with van der Waals surface area (Å²) in [6, 6.07) is 5.38. The average molecular weight is 298 g/mol. The number of carbonyl (C=O) groups is 1. The van der Waals surface area contributed by atoms with E-state index in [-0.39, 0.29) is 35.6 Å². The summed E-state index contributed by atoms with van der Waals surface area (Å²) in [5.41, 5.74) is 0.616. The molecule has 108 valence electrons. The number of non-ortho nitro benzene ring substituents is 1. The van der Waals surface area contributed by atoms with E-state index in [2.05, 4.69) is 5.32 Å². The van der Waals surface area contributed by atoms with E-state index in [9.17, 15) is 23.3 Å². The molecule has 1 heterocycles. The maximum atomic E-state index is 11.8. The Morgan fingerprint density at radius 1 is 1.35 bits per heavy atom. The van der Waals surface area contributed by atoms with Crippen LogP contribution in [0, 0.1) is 10.1 Å². The van der Waals surface area contributed by atoms with Crippen molar-refractivity contribution in [3.63, 3.8) is 0 Å². The monoisotopic (exact) mass is 298 g/mol. The molecular weight excluding hydrogens is 284 g/mol. The van der Waals surface area contributed by atoms with Gasteiger partial charge in [-0.25, -0.2) is 8.42 Å². The van der Waals surface area contributed by atoms with Gasteiger partial charge >= 0.3 is 0 Å². The van der Waals surface area contributed by atoms with Crippen LogP contribution in [0.5, 0.6) is 0 Å². The summed E-state index contributed by atoms with van der Waals surface area (Å²) in [5.74, 6) is -0.185. The fraction of sp³-hybridized carbons (Fsp3) is 0.417. The summed E-state index contributed by atoms with van der Waals surface area (Å²) in [4.78, 5) is 21.7. The molecule has 0 aromatic heterocycles. The number of amides is 1. The molecule has 20 heavy (non-hydrogen) atoms. The second-order valence-corrected chi connectivity index (χ2v) is 7.00. The van der Waals surface area contributed by atoms with Crippen LogP contribution in [0.25, 0.3) is 0 Å². The van der Waals surface area contributed by atoms with E-state index in [0.717, 1.165) is 0 Å². The fourth-order valence-corrected chi connectivity index (χ4v) is 3.78. The highest BCUT2D eigenvalue weighted by atomic mass is 32.2. The molecule has 1 amide bonds. The van der Waals surface area contributed by atoms with Crippen LogP contribution in [0.1, 0.15) is 12.0 Å². The summed E-state index contributed by atoms with van der Waals surface area (Å²) in [5, 5.41) is 13.2. The topological polar surface area (TPSA) is 106 Å². The van der Waals surface area contributed by atoms with Crippen LogP contribution < -0.4 is 5.32 Å². The Morgan fingerprint density at radius 2 is 2.00 bits per heavy atom. The van der Waals surface area contributed by atoms with Crippen LogP contribution in [-0.2, 0) is 21.1 Å². The Labute approximate surface area is 116 Å². The molecule has 1 unspecified atom stereocenters. The van der Waals surface area contributed by atoms with Gasteiger partial charge in [-0.05, 0) is 12.0 Å². The molecule has 7 nitrogen and oxygen atoms in total. The van der Waals surface area contributed by atoms with E-state index in [1.54, 1.807) is 0 Å². The molecule has 1 aliphatic rings. The molecule has 1 atom stereocenters. The van der Waals surface area contributed by atoms with Crippen LogP contribution >= 0.6 is 0 Å². The van der Waals surface area contributed by atoms with E-state index in [0.29, 0.717) is 12.0 Å². The van der Waals surface area contributed by atoms with Gasteiger partial charge in [-0.3, -0.25) is 14.9 Å². The number of benzene rings is 1. The molecule has 1 aromatic rings. The van der Waals surface area contributed by atoms with Crippen molar-refractivity contribution in [3.05, 3.63) is 39.9 Å². The van der Waals surface area contributed by atoms with Crippen LogP contribution in [0.4, 0.5) is 5.69 Å².